The number of carbonyl (C=O) groups excluding carboxylic acids is 1. The Kier molecular flexibility index (Phi) is 5.64. The van der Waals surface area contributed by atoms with Crippen LogP contribution in [0.5, 0.6) is 0 Å². The molecule has 0 aliphatic heterocycles. The summed E-state index contributed by atoms with van der Waals surface area (Å²) in [6.45, 7) is 6.35. The lowest BCUT2D eigenvalue weighted by Crippen LogP contribution is -2.36. The summed E-state index contributed by atoms with van der Waals surface area (Å²) in [7, 11) is -3.36. The van der Waals surface area contributed by atoms with Crippen LogP contribution >= 0.6 is 0 Å². The van der Waals surface area contributed by atoms with E-state index in [1.165, 1.54) is 12.8 Å². The van der Waals surface area contributed by atoms with Gasteiger partial charge >= 0.3 is 0 Å². The number of rotatable bonds is 8. The third-order valence-corrected chi connectivity index (χ3v) is 4.54. The molecule has 1 saturated carbocycles. The van der Waals surface area contributed by atoms with Crippen molar-refractivity contribution in [1.29, 1.82) is 0 Å². The van der Waals surface area contributed by atoms with Gasteiger partial charge in [-0.3, -0.25) is 14.4 Å². The quantitative estimate of drug-likeness (QED) is 0.754. The summed E-state index contributed by atoms with van der Waals surface area (Å²) in [6.07, 6.45) is 3.59. The number of anilines is 1. The molecule has 1 aromatic carbocycles. The van der Waals surface area contributed by atoms with Crippen LogP contribution in [0.2, 0.25) is 0 Å². The summed E-state index contributed by atoms with van der Waals surface area (Å²) in [5.41, 5.74) is 1.67. The second-order valence-electron chi connectivity index (χ2n) is 6.02. The molecule has 1 fully saturated rings. The highest BCUT2D eigenvalue weighted by atomic mass is 32.2. The Balaban J connectivity index is 1.94. The molecule has 1 aromatic rings. The van der Waals surface area contributed by atoms with Crippen molar-refractivity contribution in [3.63, 3.8) is 0 Å². The van der Waals surface area contributed by atoms with Gasteiger partial charge in [-0.25, -0.2) is 8.42 Å². The summed E-state index contributed by atoms with van der Waals surface area (Å²) < 4.78 is 25.2. The molecule has 1 amide bonds. The molecule has 2 rings (SSSR count). The molecule has 0 bridgehead atoms. The van der Waals surface area contributed by atoms with Gasteiger partial charge in [0.25, 0.3) is 5.91 Å². The van der Waals surface area contributed by atoms with Crippen molar-refractivity contribution in [3.05, 3.63) is 29.3 Å². The minimum absolute atomic E-state index is 0.187. The van der Waals surface area contributed by atoms with Gasteiger partial charge in [0, 0.05) is 24.7 Å². The number of amides is 1. The van der Waals surface area contributed by atoms with Crippen LogP contribution in [0.4, 0.5) is 5.69 Å². The Morgan fingerprint density at radius 2 is 2.04 bits per heavy atom. The summed E-state index contributed by atoms with van der Waals surface area (Å²) in [5, 5.41) is 2.90. The minimum atomic E-state index is -3.36. The van der Waals surface area contributed by atoms with Crippen molar-refractivity contribution in [2.75, 3.05) is 30.6 Å². The van der Waals surface area contributed by atoms with Crippen LogP contribution < -0.4 is 10.0 Å². The van der Waals surface area contributed by atoms with Gasteiger partial charge in [-0.15, -0.1) is 0 Å². The van der Waals surface area contributed by atoms with E-state index in [4.69, 9.17) is 0 Å². The number of hydrogen-bond donors (Lipinski definition) is 2. The van der Waals surface area contributed by atoms with Crippen LogP contribution in [0.1, 0.15) is 35.7 Å². The molecule has 0 radical (unpaired) electrons. The molecule has 0 saturated heterocycles. The number of likely N-dealkylation sites (N-methyl/N-ethyl adjacent to an activating group) is 1. The largest absolute Gasteiger partial charge is 0.351 e. The lowest BCUT2D eigenvalue weighted by atomic mass is 10.1. The molecule has 1 aliphatic rings. The fraction of sp³-hybridized carbons (Fsp3) is 0.562. The monoisotopic (exact) mass is 339 g/mol. The third kappa shape index (κ3) is 5.51. The van der Waals surface area contributed by atoms with Gasteiger partial charge in [-0.2, -0.15) is 0 Å². The number of carbonyl (C=O) groups is 1. The highest BCUT2D eigenvalue weighted by molar-refractivity contribution is 7.92. The molecule has 0 unspecified atom stereocenters. The van der Waals surface area contributed by atoms with Crippen molar-refractivity contribution in [3.8, 4) is 0 Å². The van der Waals surface area contributed by atoms with Crippen molar-refractivity contribution in [2.45, 2.75) is 32.7 Å². The van der Waals surface area contributed by atoms with Gasteiger partial charge in [0.15, 0.2) is 0 Å². The lowest BCUT2D eigenvalue weighted by molar-refractivity contribution is 0.0948. The molecule has 128 valence electrons. The maximum Gasteiger partial charge on any atom is 0.251 e. The van der Waals surface area contributed by atoms with Crippen LogP contribution in [0.3, 0.4) is 0 Å². The van der Waals surface area contributed by atoms with E-state index in [-0.39, 0.29) is 5.91 Å². The van der Waals surface area contributed by atoms with Gasteiger partial charge < -0.3 is 5.32 Å². The molecule has 0 heterocycles. The van der Waals surface area contributed by atoms with E-state index in [1.54, 1.807) is 25.1 Å². The highest BCUT2D eigenvalue weighted by Crippen LogP contribution is 2.25. The number of aryl methyl sites for hydroxylation is 1. The molecule has 0 aromatic heterocycles. The van der Waals surface area contributed by atoms with Gasteiger partial charge in [-0.1, -0.05) is 13.0 Å². The van der Waals surface area contributed by atoms with Crippen molar-refractivity contribution in [1.82, 2.24) is 10.2 Å². The van der Waals surface area contributed by atoms with Crippen LogP contribution in [-0.4, -0.2) is 51.2 Å². The van der Waals surface area contributed by atoms with E-state index >= 15 is 0 Å². The summed E-state index contributed by atoms with van der Waals surface area (Å²) in [5.74, 6) is -0.187. The van der Waals surface area contributed by atoms with Crippen molar-refractivity contribution >= 4 is 21.6 Å². The second kappa shape index (κ2) is 7.31. The number of hydrogen-bond acceptors (Lipinski definition) is 4. The molecule has 23 heavy (non-hydrogen) atoms. The van der Waals surface area contributed by atoms with Gasteiger partial charge in [0.2, 0.25) is 10.0 Å². The predicted octanol–water partition coefficient (Wildman–Crippen LogP) is 1.58. The molecule has 0 spiro atoms. The topological polar surface area (TPSA) is 78.5 Å². The zero-order valence-corrected chi connectivity index (χ0v) is 14.7. The lowest BCUT2D eigenvalue weighted by Gasteiger charge is -2.19. The first-order valence-corrected chi connectivity index (χ1v) is 9.80. The first-order valence-electron chi connectivity index (χ1n) is 7.91. The number of nitrogens with zero attached hydrogens (tertiary/aromatic N) is 1. The Hall–Kier alpha value is -1.60. The van der Waals surface area contributed by atoms with Gasteiger partial charge in [-0.05, 0) is 44.0 Å². The number of sulfonamides is 1. The molecule has 2 N–H and O–H groups in total. The third-order valence-electron chi connectivity index (χ3n) is 3.95. The van der Waals surface area contributed by atoms with Crippen LogP contribution in [0.25, 0.3) is 0 Å². The smallest absolute Gasteiger partial charge is 0.251 e. The van der Waals surface area contributed by atoms with Crippen molar-refractivity contribution in [2.24, 2.45) is 0 Å². The first kappa shape index (κ1) is 17.7. The normalized spacial score (nSPS) is 14.8. The van der Waals surface area contributed by atoms with E-state index in [0.717, 1.165) is 24.9 Å². The standard InChI is InChI=1S/C16H25N3O3S/c1-4-19(14-7-8-14)10-9-17-16(20)13-6-5-12(2)15(11-13)18-23(3,21)22/h5-6,11,14,18H,4,7-10H2,1-3H3,(H,17,20). The maximum atomic E-state index is 12.2. The van der Waals surface area contributed by atoms with E-state index in [9.17, 15) is 13.2 Å². The van der Waals surface area contributed by atoms with Crippen LogP contribution in [0, 0.1) is 6.92 Å². The van der Waals surface area contributed by atoms with E-state index in [0.29, 0.717) is 23.8 Å². The van der Waals surface area contributed by atoms with Gasteiger partial charge in [0.05, 0.1) is 11.9 Å². The van der Waals surface area contributed by atoms with E-state index < -0.39 is 10.0 Å². The fourth-order valence-corrected chi connectivity index (χ4v) is 3.15. The molecule has 0 atom stereocenters. The fourth-order valence-electron chi connectivity index (χ4n) is 2.53. The average molecular weight is 339 g/mol. The Morgan fingerprint density at radius 1 is 1.35 bits per heavy atom. The maximum absolute atomic E-state index is 12.2. The van der Waals surface area contributed by atoms with E-state index in [2.05, 4.69) is 21.9 Å². The highest BCUT2D eigenvalue weighted by Gasteiger charge is 2.27. The Labute approximate surface area is 138 Å². The van der Waals surface area contributed by atoms with E-state index in [1.807, 2.05) is 0 Å². The summed E-state index contributed by atoms with van der Waals surface area (Å²) in [4.78, 5) is 14.6. The first-order chi connectivity index (χ1) is 10.8. The zero-order chi connectivity index (χ0) is 17.0. The zero-order valence-electron chi connectivity index (χ0n) is 13.9. The number of benzene rings is 1. The SMILES string of the molecule is CCN(CCNC(=O)c1ccc(C)c(NS(C)(=O)=O)c1)C1CC1. The number of nitrogens with one attached hydrogen (secondary N) is 2. The van der Waals surface area contributed by atoms with Gasteiger partial charge in [0.1, 0.15) is 0 Å². The predicted molar refractivity (Wildman–Crippen MR) is 92.2 cm³/mol. The van der Waals surface area contributed by atoms with Crippen LogP contribution in [0.15, 0.2) is 18.2 Å². The van der Waals surface area contributed by atoms with Crippen molar-refractivity contribution < 1.29 is 13.2 Å². The molecule has 1 aliphatic carbocycles. The molecular formula is C16H25N3O3S. The second-order valence-corrected chi connectivity index (χ2v) is 7.77. The van der Waals surface area contributed by atoms with Crippen LogP contribution in [-0.2, 0) is 10.0 Å². The molecular weight excluding hydrogens is 314 g/mol. The summed E-state index contributed by atoms with van der Waals surface area (Å²) >= 11 is 0. The average Bonchev–Trinajstić information content (AvgIpc) is 3.29. The Morgan fingerprint density at radius 3 is 2.61 bits per heavy atom. The molecule has 6 nitrogen and oxygen atoms in total. The summed E-state index contributed by atoms with van der Waals surface area (Å²) in [6, 6.07) is 5.70. The molecule has 7 heteroatoms. The Bertz CT molecular complexity index is 669. The minimum Gasteiger partial charge on any atom is -0.351 e.